The van der Waals surface area contributed by atoms with Gasteiger partial charge < -0.3 is 10.6 Å². The summed E-state index contributed by atoms with van der Waals surface area (Å²) in [5.74, 6) is -0.121. The molecule has 0 aromatic carbocycles. The van der Waals surface area contributed by atoms with E-state index in [2.05, 4.69) is 15.0 Å². The maximum Gasteiger partial charge on any atom is 0.240 e. The molecule has 1 atom stereocenters. The Morgan fingerprint density at radius 2 is 1.93 bits per heavy atom. The number of carbonyl (C=O) groups excluding carboxylic acids is 1. The second-order valence-electron chi connectivity index (χ2n) is 3.07. The van der Waals surface area contributed by atoms with E-state index >= 15 is 0 Å². The number of primary amides is 1. The third kappa shape index (κ3) is 1.95. The molecule has 0 bridgehead atoms. The summed E-state index contributed by atoms with van der Waals surface area (Å²) >= 11 is 11.2. The van der Waals surface area contributed by atoms with E-state index in [4.69, 9.17) is 28.9 Å². The highest BCUT2D eigenvalue weighted by molar-refractivity contribution is 6.31. The van der Waals surface area contributed by atoms with Gasteiger partial charge in [0.05, 0.1) is 0 Å². The average molecular weight is 248 g/mol. The number of hydrogen-bond donors (Lipinski definition) is 1. The van der Waals surface area contributed by atoms with Gasteiger partial charge in [0.1, 0.15) is 6.04 Å². The highest BCUT2D eigenvalue weighted by Gasteiger charge is 2.34. The van der Waals surface area contributed by atoms with Gasteiger partial charge in [0.25, 0.3) is 0 Å². The number of nitrogens with two attached hydrogens (primary N) is 1. The highest BCUT2D eigenvalue weighted by Crippen LogP contribution is 2.24. The van der Waals surface area contributed by atoms with Crippen LogP contribution in [0, 0.1) is 0 Å². The minimum atomic E-state index is -0.408. The van der Waals surface area contributed by atoms with Crippen molar-refractivity contribution in [2.24, 2.45) is 5.73 Å². The lowest BCUT2D eigenvalue weighted by Gasteiger charge is -2.38. The molecule has 0 aliphatic carbocycles. The van der Waals surface area contributed by atoms with E-state index in [0.29, 0.717) is 13.0 Å². The van der Waals surface area contributed by atoms with Gasteiger partial charge in [0, 0.05) is 6.54 Å². The Morgan fingerprint density at radius 3 is 2.33 bits per heavy atom. The van der Waals surface area contributed by atoms with Gasteiger partial charge >= 0.3 is 0 Å². The van der Waals surface area contributed by atoms with Crippen molar-refractivity contribution in [3.63, 3.8) is 0 Å². The summed E-state index contributed by atoms with van der Waals surface area (Å²) in [6.45, 7) is 0.657. The van der Waals surface area contributed by atoms with E-state index in [9.17, 15) is 4.79 Å². The Morgan fingerprint density at radius 1 is 1.33 bits per heavy atom. The number of halogens is 2. The predicted octanol–water partition coefficient (Wildman–Crippen LogP) is 0.242. The number of aromatic nitrogens is 3. The van der Waals surface area contributed by atoms with Crippen LogP contribution in [-0.2, 0) is 4.79 Å². The second-order valence-corrected chi connectivity index (χ2v) is 3.75. The van der Waals surface area contributed by atoms with Gasteiger partial charge in [-0.1, -0.05) is 0 Å². The van der Waals surface area contributed by atoms with E-state index in [1.807, 2.05) is 0 Å². The third-order valence-corrected chi connectivity index (χ3v) is 2.51. The number of anilines is 1. The van der Waals surface area contributed by atoms with E-state index in [1.54, 1.807) is 4.90 Å². The normalized spacial score (nSPS) is 19.9. The van der Waals surface area contributed by atoms with E-state index in [1.165, 1.54) is 0 Å². The topological polar surface area (TPSA) is 85.0 Å². The SMILES string of the molecule is NC(=O)C1CCN1c1nc(Cl)nc(Cl)n1. The predicted molar refractivity (Wildman–Crippen MR) is 54.8 cm³/mol. The smallest absolute Gasteiger partial charge is 0.240 e. The van der Waals surface area contributed by atoms with Crippen molar-refractivity contribution >= 4 is 35.1 Å². The molecule has 8 heteroatoms. The third-order valence-electron chi connectivity index (χ3n) is 2.17. The molecule has 2 N–H and O–H groups in total. The molecule has 1 amide bonds. The molecule has 1 unspecified atom stereocenters. The first-order valence-corrected chi connectivity index (χ1v) is 4.96. The molecule has 2 rings (SSSR count). The lowest BCUT2D eigenvalue weighted by molar-refractivity contribution is -0.120. The zero-order chi connectivity index (χ0) is 11.0. The van der Waals surface area contributed by atoms with Gasteiger partial charge in [-0.2, -0.15) is 15.0 Å². The van der Waals surface area contributed by atoms with Gasteiger partial charge in [0.2, 0.25) is 22.4 Å². The van der Waals surface area contributed by atoms with Crippen molar-refractivity contribution in [3.05, 3.63) is 10.6 Å². The Hall–Kier alpha value is -1.14. The molecule has 0 spiro atoms. The molecular weight excluding hydrogens is 241 g/mol. The Labute approximate surface area is 95.4 Å². The van der Waals surface area contributed by atoms with Crippen LogP contribution >= 0.6 is 23.2 Å². The lowest BCUT2D eigenvalue weighted by Crippen LogP contribution is -2.55. The maximum atomic E-state index is 11.0. The zero-order valence-corrected chi connectivity index (χ0v) is 9.03. The average Bonchev–Trinajstić information content (AvgIpc) is 1.97. The summed E-state index contributed by atoms with van der Waals surface area (Å²) in [6.07, 6.45) is 0.691. The van der Waals surface area contributed by atoms with E-state index < -0.39 is 5.91 Å². The molecule has 0 radical (unpaired) electrons. The minimum absolute atomic E-state index is 0.000111. The van der Waals surface area contributed by atoms with Crippen LogP contribution in [0.25, 0.3) is 0 Å². The summed E-state index contributed by atoms with van der Waals surface area (Å²) in [6, 6.07) is -0.375. The van der Waals surface area contributed by atoms with Gasteiger partial charge in [-0.3, -0.25) is 4.79 Å². The van der Waals surface area contributed by atoms with Crippen LogP contribution in [0.2, 0.25) is 10.6 Å². The second kappa shape index (κ2) is 3.79. The minimum Gasteiger partial charge on any atom is -0.368 e. The fraction of sp³-hybridized carbons (Fsp3) is 0.429. The van der Waals surface area contributed by atoms with Gasteiger partial charge in [-0.15, -0.1) is 0 Å². The molecule has 6 nitrogen and oxygen atoms in total. The molecule has 1 aromatic heterocycles. The van der Waals surface area contributed by atoms with Crippen LogP contribution in [0.3, 0.4) is 0 Å². The number of amides is 1. The first kappa shape index (κ1) is 10.4. The molecule has 1 saturated heterocycles. The van der Waals surface area contributed by atoms with Crippen molar-refractivity contribution in [1.82, 2.24) is 15.0 Å². The van der Waals surface area contributed by atoms with Crippen LogP contribution < -0.4 is 10.6 Å². The Bertz CT molecular complexity index is 392. The number of carbonyl (C=O) groups is 1. The highest BCUT2D eigenvalue weighted by atomic mass is 35.5. The monoisotopic (exact) mass is 247 g/mol. The molecule has 1 aliphatic heterocycles. The van der Waals surface area contributed by atoms with Crippen molar-refractivity contribution in [2.45, 2.75) is 12.5 Å². The molecule has 0 saturated carbocycles. The molecule has 1 fully saturated rings. The van der Waals surface area contributed by atoms with Gasteiger partial charge in [-0.05, 0) is 29.6 Å². The maximum absolute atomic E-state index is 11.0. The molecule has 80 valence electrons. The van der Waals surface area contributed by atoms with Crippen LogP contribution in [-0.4, -0.2) is 33.4 Å². The molecule has 1 aromatic rings. The Kier molecular flexibility index (Phi) is 2.62. The van der Waals surface area contributed by atoms with Crippen molar-refractivity contribution in [3.8, 4) is 0 Å². The summed E-state index contributed by atoms with van der Waals surface area (Å²) in [5, 5.41) is 0.000223. The first-order chi connectivity index (χ1) is 7.08. The molecule has 15 heavy (non-hydrogen) atoms. The van der Waals surface area contributed by atoms with Gasteiger partial charge in [-0.25, -0.2) is 0 Å². The standard InChI is InChI=1S/C7H7Cl2N5O/c8-5-11-6(9)13-7(12-5)14-2-1-3(14)4(10)15/h3H,1-2H2,(H2,10,15). The van der Waals surface area contributed by atoms with Crippen LogP contribution in [0.15, 0.2) is 0 Å². The number of hydrogen-bond acceptors (Lipinski definition) is 5. The largest absolute Gasteiger partial charge is 0.368 e. The number of rotatable bonds is 2. The fourth-order valence-electron chi connectivity index (χ4n) is 1.37. The molecular formula is C7H7Cl2N5O. The van der Waals surface area contributed by atoms with Crippen molar-refractivity contribution < 1.29 is 4.79 Å². The zero-order valence-electron chi connectivity index (χ0n) is 7.52. The lowest BCUT2D eigenvalue weighted by atomic mass is 10.0. The summed E-state index contributed by atoms with van der Waals surface area (Å²) in [7, 11) is 0. The van der Waals surface area contributed by atoms with Crippen LogP contribution in [0.4, 0.5) is 5.95 Å². The fourth-order valence-corrected chi connectivity index (χ4v) is 1.72. The van der Waals surface area contributed by atoms with Gasteiger partial charge in [0.15, 0.2) is 0 Å². The van der Waals surface area contributed by atoms with Crippen LogP contribution in [0.5, 0.6) is 0 Å². The van der Waals surface area contributed by atoms with E-state index in [-0.39, 0.29) is 22.6 Å². The quantitative estimate of drug-likeness (QED) is 0.810. The van der Waals surface area contributed by atoms with Crippen molar-refractivity contribution in [1.29, 1.82) is 0 Å². The summed E-state index contributed by atoms with van der Waals surface area (Å²) in [5.41, 5.74) is 5.18. The summed E-state index contributed by atoms with van der Waals surface area (Å²) in [4.78, 5) is 24.0. The summed E-state index contributed by atoms with van der Waals surface area (Å²) < 4.78 is 0. The van der Waals surface area contributed by atoms with Crippen molar-refractivity contribution in [2.75, 3.05) is 11.4 Å². The molecule has 1 aliphatic rings. The first-order valence-electron chi connectivity index (χ1n) is 4.21. The Balaban J connectivity index is 2.26. The van der Waals surface area contributed by atoms with Crippen LogP contribution in [0.1, 0.15) is 6.42 Å². The molecule has 2 heterocycles. The van der Waals surface area contributed by atoms with E-state index in [0.717, 1.165) is 0 Å². The number of nitrogens with zero attached hydrogens (tertiary/aromatic N) is 4.